The second-order valence-electron chi connectivity index (χ2n) is 9.60. The summed E-state index contributed by atoms with van der Waals surface area (Å²) in [6.07, 6.45) is 2.24. The van der Waals surface area contributed by atoms with Crippen molar-refractivity contribution in [3.63, 3.8) is 0 Å². The van der Waals surface area contributed by atoms with Crippen LogP contribution in [0.25, 0.3) is 22.1 Å². The molecule has 1 atom stereocenters. The van der Waals surface area contributed by atoms with Gasteiger partial charge in [-0.15, -0.1) is 0 Å². The molecule has 0 radical (unpaired) electrons. The van der Waals surface area contributed by atoms with E-state index in [9.17, 15) is 14.7 Å². The van der Waals surface area contributed by atoms with E-state index < -0.39 is 5.92 Å². The molecule has 1 aliphatic rings. The van der Waals surface area contributed by atoms with E-state index in [1.54, 1.807) is 31.4 Å². The number of aromatic hydroxyl groups is 1. The van der Waals surface area contributed by atoms with E-state index in [-0.39, 0.29) is 23.6 Å². The molecule has 1 N–H and O–H groups in total. The van der Waals surface area contributed by atoms with Crippen molar-refractivity contribution in [1.29, 1.82) is 0 Å². The first-order valence-corrected chi connectivity index (χ1v) is 12.9. The molecule has 2 heterocycles. The summed E-state index contributed by atoms with van der Waals surface area (Å²) in [7, 11) is 1.57. The van der Waals surface area contributed by atoms with Crippen LogP contribution in [0.15, 0.2) is 100 Å². The van der Waals surface area contributed by atoms with Gasteiger partial charge < -0.3 is 23.7 Å². The van der Waals surface area contributed by atoms with Gasteiger partial charge in [-0.2, -0.15) is 0 Å². The van der Waals surface area contributed by atoms with Gasteiger partial charge in [0.2, 0.25) is 5.43 Å². The number of carbonyl (C=O) groups is 1. The Balaban J connectivity index is 1.36. The lowest BCUT2D eigenvalue weighted by molar-refractivity contribution is -0.135. The van der Waals surface area contributed by atoms with Crippen molar-refractivity contribution in [3.8, 4) is 34.1 Å². The molecule has 7 nitrogen and oxygen atoms in total. The van der Waals surface area contributed by atoms with Gasteiger partial charge in [0.05, 0.1) is 31.1 Å². The third-order valence-corrected chi connectivity index (χ3v) is 7.14. The molecule has 40 heavy (non-hydrogen) atoms. The SMILES string of the molecule is COc1cc(C2CC(=O)Oc3ccc4c(=O)c(-c5ccc(O)cc5)coc4c32)ccc1OCCc1ccccc1. The Bertz CT molecular complexity index is 1750. The molecule has 0 spiro atoms. The van der Waals surface area contributed by atoms with Gasteiger partial charge in [-0.05, 0) is 53.1 Å². The molecule has 200 valence electrons. The maximum absolute atomic E-state index is 13.5. The van der Waals surface area contributed by atoms with Gasteiger partial charge in [-0.1, -0.05) is 48.5 Å². The van der Waals surface area contributed by atoms with Crippen molar-refractivity contribution in [1.82, 2.24) is 0 Å². The lowest BCUT2D eigenvalue weighted by Crippen LogP contribution is -2.22. The molecule has 0 aliphatic carbocycles. The highest BCUT2D eigenvalue weighted by Gasteiger charge is 2.32. The zero-order chi connectivity index (χ0) is 27.6. The number of phenols is 1. The molecule has 1 aromatic heterocycles. The minimum absolute atomic E-state index is 0.0763. The first-order valence-electron chi connectivity index (χ1n) is 12.9. The number of esters is 1. The molecule has 1 unspecified atom stereocenters. The number of benzene rings is 4. The topological polar surface area (TPSA) is 95.2 Å². The van der Waals surface area contributed by atoms with Gasteiger partial charge >= 0.3 is 5.97 Å². The second kappa shape index (κ2) is 10.6. The van der Waals surface area contributed by atoms with Crippen molar-refractivity contribution in [2.75, 3.05) is 13.7 Å². The van der Waals surface area contributed by atoms with E-state index in [0.29, 0.717) is 51.5 Å². The van der Waals surface area contributed by atoms with Crippen LogP contribution >= 0.6 is 0 Å². The molecule has 0 amide bonds. The summed E-state index contributed by atoms with van der Waals surface area (Å²) >= 11 is 0. The van der Waals surface area contributed by atoms with Gasteiger partial charge in [-0.3, -0.25) is 9.59 Å². The summed E-state index contributed by atoms with van der Waals surface area (Å²) < 4.78 is 23.3. The van der Waals surface area contributed by atoms with E-state index in [2.05, 4.69) is 12.1 Å². The second-order valence-corrected chi connectivity index (χ2v) is 9.60. The number of methoxy groups -OCH3 is 1. The van der Waals surface area contributed by atoms with Crippen LogP contribution in [-0.4, -0.2) is 24.8 Å². The van der Waals surface area contributed by atoms with Crippen molar-refractivity contribution in [3.05, 3.63) is 118 Å². The standard InChI is InChI=1S/C33H26O7/c1-37-29-17-22(9-13-27(29)38-16-15-20-5-3-2-4-6-20)25-18-30(35)40-28-14-12-24-32(36)26(19-39-33(24)31(25)28)21-7-10-23(34)11-8-21/h2-14,17,19,25,34H,15-16,18H2,1H3. The number of fused-ring (bicyclic) bond motifs is 3. The van der Waals surface area contributed by atoms with Gasteiger partial charge in [0.1, 0.15) is 23.3 Å². The third kappa shape index (κ3) is 4.78. The zero-order valence-corrected chi connectivity index (χ0v) is 21.8. The Labute approximate surface area is 230 Å². The molecule has 0 saturated carbocycles. The molecular formula is C33H26O7. The minimum atomic E-state index is -0.421. The molecule has 0 bridgehead atoms. The lowest BCUT2D eigenvalue weighted by atomic mass is 9.85. The number of hydrogen-bond acceptors (Lipinski definition) is 7. The van der Waals surface area contributed by atoms with Gasteiger partial charge in [-0.25, -0.2) is 0 Å². The maximum Gasteiger partial charge on any atom is 0.312 e. The first-order chi connectivity index (χ1) is 19.5. The molecule has 0 saturated heterocycles. The van der Waals surface area contributed by atoms with E-state index >= 15 is 0 Å². The minimum Gasteiger partial charge on any atom is -0.508 e. The smallest absolute Gasteiger partial charge is 0.312 e. The monoisotopic (exact) mass is 534 g/mol. The quantitative estimate of drug-likeness (QED) is 0.195. The molecule has 0 fully saturated rings. The summed E-state index contributed by atoms with van der Waals surface area (Å²) in [6, 6.07) is 25.3. The van der Waals surface area contributed by atoms with Crippen molar-refractivity contribution >= 4 is 16.9 Å². The van der Waals surface area contributed by atoms with Crippen LogP contribution in [0.1, 0.15) is 29.0 Å². The van der Waals surface area contributed by atoms with Crippen molar-refractivity contribution in [2.45, 2.75) is 18.8 Å². The first kappa shape index (κ1) is 25.2. The van der Waals surface area contributed by atoms with Crippen LogP contribution in [0, 0.1) is 0 Å². The lowest BCUT2D eigenvalue weighted by Gasteiger charge is -2.26. The van der Waals surface area contributed by atoms with E-state index in [4.69, 9.17) is 18.6 Å². The van der Waals surface area contributed by atoms with Crippen molar-refractivity contribution < 1.29 is 28.5 Å². The van der Waals surface area contributed by atoms with Crippen molar-refractivity contribution in [2.24, 2.45) is 0 Å². The maximum atomic E-state index is 13.5. The predicted octanol–water partition coefficient (Wildman–Crippen LogP) is 6.24. The highest BCUT2D eigenvalue weighted by molar-refractivity contribution is 5.90. The molecular weight excluding hydrogens is 508 g/mol. The summed E-state index contributed by atoms with van der Waals surface area (Å²) in [5.74, 6) is 0.815. The van der Waals surface area contributed by atoms with Crippen LogP contribution in [0.4, 0.5) is 0 Å². The Hall–Kier alpha value is -5.04. The van der Waals surface area contributed by atoms with E-state index in [1.165, 1.54) is 24.0 Å². The number of ether oxygens (including phenoxy) is 3. The normalized spacial score (nSPS) is 14.4. The fourth-order valence-electron chi connectivity index (χ4n) is 5.12. The Kier molecular flexibility index (Phi) is 6.70. The number of phenolic OH excluding ortho intramolecular Hbond substituents is 1. The van der Waals surface area contributed by atoms with Gasteiger partial charge in [0.25, 0.3) is 0 Å². The Morgan fingerprint density at radius 3 is 2.50 bits per heavy atom. The molecule has 1 aliphatic heterocycles. The summed E-state index contributed by atoms with van der Waals surface area (Å²) in [4.78, 5) is 26.1. The largest absolute Gasteiger partial charge is 0.508 e. The van der Waals surface area contributed by atoms with Crippen LogP contribution in [0.2, 0.25) is 0 Å². The number of hydrogen-bond donors (Lipinski definition) is 1. The van der Waals surface area contributed by atoms with Crippen LogP contribution in [-0.2, 0) is 11.2 Å². The zero-order valence-electron chi connectivity index (χ0n) is 21.8. The highest BCUT2D eigenvalue weighted by atomic mass is 16.5. The average Bonchev–Trinajstić information content (AvgIpc) is 2.98. The van der Waals surface area contributed by atoms with Gasteiger partial charge in [0.15, 0.2) is 11.5 Å². The van der Waals surface area contributed by atoms with E-state index in [0.717, 1.165) is 12.0 Å². The van der Waals surface area contributed by atoms with Crippen LogP contribution < -0.4 is 19.6 Å². The number of rotatable bonds is 7. The summed E-state index contributed by atoms with van der Waals surface area (Å²) in [6.45, 7) is 0.484. The van der Waals surface area contributed by atoms with Crippen LogP contribution in [0.5, 0.6) is 23.0 Å². The number of carbonyl (C=O) groups excluding carboxylic acids is 1. The third-order valence-electron chi connectivity index (χ3n) is 7.14. The Morgan fingerprint density at radius 1 is 0.925 bits per heavy atom. The highest BCUT2D eigenvalue weighted by Crippen LogP contribution is 2.44. The average molecular weight is 535 g/mol. The fraction of sp³-hybridized carbons (Fsp3) is 0.152. The van der Waals surface area contributed by atoms with E-state index in [1.807, 2.05) is 36.4 Å². The fourth-order valence-corrected chi connectivity index (χ4v) is 5.12. The summed E-state index contributed by atoms with van der Waals surface area (Å²) in [5, 5.41) is 10.00. The molecule has 4 aromatic carbocycles. The summed E-state index contributed by atoms with van der Waals surface area (Å²) in [5.41, 5.74) is 3.76. The molecule has 6 rings (SSSR count). The predicted molar refractivity (Wildman–Crippen MR) is 150 cm³/mol. The molecule has 7 heteroatoms. The Morgan fingerprint density at radius 2 is 1.73 bits per heavy atom. The van der Waals surface area contributed by atoms with Crippen LogP contribution in [0.3, 0.4) is 0 Å². The van der Waals surface area contributed by atoms with Gasteiger partial charge in [0, 0.05) is 17.9 Å². The molecule has 5 aromatic rings.